The van der Waals surface area contributed by atoms with Gasteiger partial charge >= 0.3 is 0 Å². The van der Waals surface area contributed by atoms with Crippen molar-refractivity contribution in [3.8, 4) is 0 Å². The zero-order valence-electron chi connectivity index (χ0n) is 6.86. The minimum absolute atomic E-state index is 0.322. The number of aryl methyl sites for hydroxylation is 1. The van der Waals surface area contributed by atoms with Crippen LogP contribution in [0.25, 0.3) is 5.65 Å². The van der Waals surface area contributed by atoms with E-state index < -0.39 is 0 Å². The molecule has 0 saturated carbocycles. The maximum Gasteiger partial charge on any atom is 0.240 e. The third-order valence-electron chi connectivity index (χ3n) is 1.83. The smallest absolute Gasteiger partial charge is 0.240 e. The van der Waals surface area contributed by atoms with Crippen LogP contribution in [0.5, 0.6) is 0 Å². The molecule has 4 heteroatoms. The Bertz CT molecular complexity index is 404. The lowest BCUT2D eigenvalue weighted by Gasteiger charge is -1.94. The molecule has 0 fully saturated rings. The van der Waals surface area contributed by atoms with Crippen molar-refractivity contribution in [2.24, 2.45) is 0 Å². The zero-order chi connectivity index (χ0) is 8.55. The van der Waals surface area contributed by atoms with Gasteiger partial charge in [-0.2, -0.15) is 4.98 Å². The van der Waals surface area contributed by atoms with Gasteiger partial charge in [-0.1, -0.05) is 6.92 Å². The number of fused-ring (bicyclic) bond motifs is 1. The van der Waals surface area contributed by atoms with Gasteiger partial charge in [0.25, 0.3) is 0 Å². The Morgan fingerprint density at radius 3 is 3.17 bits per heavy atom. The van der Waals surface area contributed by atoms with Crippen LogP contribution < -0.4 is 5.73 Å². The summed E-state index contributed by atoms with van der Waals surface area (Å²) in [4.78, 5) is 4.05. The number of nitrogen functional groups attached to an aromatic ring is 1. The molecule has 0 aliphatic rings. The second-order valence-electron chi connectivity index (χ2n) is 2.66. The molecule has 0 aliphatic carbocycles. The largest absolute Gasteiger partial charge is 0.366 e. The van der Waals surface area contributed by atoms with Gasteiger partial charge in [0.2, 0.25) is 5.95 Å². The van der Waals surface area contributed by atoms with Gasteiger partial charge < -0.3 is 5.73 Å². The highest BCUT2D eigenvalue weighted by molar-refractivity contribution is 5.43. The Labute approximate surface area is 70.0 Å². The maximum atomic E-state index is 5.44. The zero-order valence-corrected chi connectivity index (χ0v) is 6.86. The molecular weight excluding hydrogens is 152 g/mol. The lowest BCUT2D eigenvalue weighted by Crippen LogP contribution is -1.89. The average molecular weight is 162 g/mol. The van der Waals surface area contributed by atoms with Gasteiger partial charge in [0, 0.05) is 6.20 Å². The number of pyridine rings is 1. The van der Waals surface area contributed by atoms with Crippen LogP contribution >= 0.6 is 0 Å². The minimum atomic E-state index is 0.322. The summed E-state index contributed by atoms with van der Waals surface area (Å²) in [5, 5.41) is 3.97. The van der Waals surface area contributed by atoms with Gasteiger partial charge in [-0.3, -0.25) is 0 Å². The van der Waals surface area contributed by atoms with E-state index in [4.69, 9.17) is 5.73 Å². The molecule has 0 aromatic carbocycles. The fourth-order valence-corrected chi connectivity index (χ4v) is 1.16. The Morgan fingerprint density at radius 2 is 2.42 bits per heavy atom. The fourth-order valence-electron chi connectivity index (χ4n) is 1.16. The SMILES string of the molecule is CCc1ccn2nc(N)nc2c1. The summed E-state index contributed by atoms with van der Waals surface area (Å²) in [5.41, 5.74) is 7.50. The molecule has 0 amide bonds. The third kappa shape index (κ3) is 1.01. The lowest BCUT2D eigenvalue weighted by molar-refractivity contribution is 0.957. The Balaban J connectivity index is 2.66. The Kier molecular flexibility index (Phi) is 1.46. The Hall–Kier alpha value is -1.58. The third-order valence-corrected chi connectivity index (χ3v) is 1.83. The number of aromatic nitrogens is 3. The van der Waals surface area contributed by atoms with Crippen LogP contribution in [0, 0.1) is 0 Å². The van der Waals surface area contributed by atoms with Crippen molar-refractivity contribution in [3.63, 3.8) is 0 Å². The van der Waals surface area contributed by atoms with E-state index in [1.807, 2.05) is 18.3 Å². The molecule has 0 spiro atoms. The van der Waals surface area contributed by atoms with Crippen molar-refractivity contribution in [1.82, 2.24) is 14.6 Å². The first kappa shape index (κ1) is 7.09. The van der Waals surface area contributed by atoms with E-state index in [0.29, 0.717) is 5.95 Å². The predicted molar refractivity (Wildman–Crippen MR) is 46.8 cm³/mol. The van der Waals surface area contributed by atoms with Gasteiger partial charge in [-0.05, 0) is 24.1 Å². The second-order valence-corrected chi connectivity index (χ2v) is 2.66. The molecule has 2 rings (SSSR count). The van der Waals surface area contributed by atoms with Crippen molar-refractivity contribution in [3.05, 3.63) is 23.9 Å². The molecule has 2 aromatic heterocycles. The van der Waals surface area contributed by atoms with E-state index in [-0.39, 0.29) is 0 Å². The van der Waals surface area contributed by atoms with Crippen LogP contribution in [0.15, 0.2) is 18.3 Å². The first-order valence-electron chi connectivity index (χ1n) is 3.90. The van der Waals surface area contributed by atoms with Crippen LogP contribution in [-0.4, -0.2) is 14.6 Å². The van der Waals surface area contributed by atoms with Crippen molar-refractivity contribution < 1.29 is 0 Å². The molecule has 62 valence electrons. The van der Waals surface area contributed by atoms with Gasteiger partial charge in [-0.15, -0.1) is 5.10 Å². The minimum Gasteiger partial charge on any atom is -0.366 e. The van der Waals surface area contributed by atoms with Crippen LogP contribution in [-0.2, 0) is 6.42 Å². The number of anilines is 1. The monoisotopic (exact) mass is 162 g/mol. The van der Waals surface area contributed by atoms with Gasteiger partial charge in [-0.25, -0.2) is 4.52 Å². The second kappa shape index (κ2) is 2.48. The summed E-state index contributed by atoms with van der Waals surface area (Å²) in [6, 6.07) is 4.00. The maximum absolute atomic E-state index is 5.44. The van der Waals surface area contributed by atoms with Crippen molar-refractivity contribution >= 4 is 11.6 Å². The van der Waals surface area contributed by atoms with Crippen LogP contribution in [0.2, 0.25) is 0 Å². The molecule has 0 saturated heterocycles. The Morgan fingerprint density at radius 1 is 1.58 bits per heavy atom. The highest BCUT2D eigenvalue weighted by Gasteiger charge is 1.98. The first-order chi connectivity index (χ1) is 5.79. The normalized spacial score (nSPS) is 10.8. The molecule has 0 atom stereocenters. The van der Waals surface area contributed by atoms with E-state index >= 15 is 0 Å². The summed E-state index contributed by atoms with van der Waals surface area (Å²) in [6.45, 7) is 2.10. The van der Waals surface area contributed by atoms with Gasteiger partial charge in [0.1, 0.15) is 0 Å². The number of nitrogens with two attached hydrogens (primary N) is 1. The van der Waals surface area contributed by atoms with Crippen LogP contribution in [0.3, 0.4) is 0 Å². The average Bonchev–Trinajstić information content (AvgIpc) is 2.43. The molecule has 2 aromatic rings. The van der Waals surface area contributed by atoms with Crippen LogP contribution in [0.4, 0.5) is 5.95 Å². The van der Waals surface area contributed by atoms with Crippen molar-refractivity contribution in [1.29, 1.82) is 0 Å². The van der Waals surface area contributed by atoms with Crippen molar-refractivity contribution in [2.45, 2.75) is 13.3 Å². The van der Waals surface area contributed by atoms with E-state index in [1.54, 1.807) is 4.52 Å². The predicted octanol–water partition coefficient (Wildman–Crippen LogP) is 0.874. The standard InChI is InChI=1S/C8H10N4/c1-2-6-3-4-12-7(5-6)10-8(9)11-12/h3-5H,2H2,1H3,(H2,9,11). The molecule has 0 radical (unpaired) electrons. The summed E-state index contributed by atoms with van der Waals surface area (Å²) < 4.78 is 1.68. The molecule has 2 heterocycles. The van der Waals surface area contributed by atoms with E-state index in [2.05, 4.69) is 17.0 Å². The molecule has 12 heavy (non-hydrogen) atoms. The number of nitrogens with zero attached hydrogens (tertiary/aromatic N) is 3. The molecule has 2 N–H and O–H groups in total. The number of rotatable bonds is 1. The molecule has 0 unspecified atom stereocenters. The summed E-state index contributed by atoms with van der Waals surface area (Å²) in [7, 11) is 0. The van der Waals surface area contributed by atoms with Gasteiger partial charge in [0.15, 0.2) is 5.65 Å². The van der Waals surface area contributed by atoms with E-state index in [9.17, 15) is 0 Å². The molecular formula is C8H10N4. The molecule has 4 nitrogen and oxygen atoms in total. The topological polar surface area (TPSA) is 56.2 Å². The van der Waals surface area contributed by atoms with Crippen molar-refractivity contribution in [2.75, 3.05) is 5.73 Å². The summed E-state index contributed by atoms with van der Waals surface area (Å²) in [6.07, 6.45) is 2.88. The quantitative estimate of drug-likeness (QED) is 0.677. The number of hydrogen-bond donors (Lipinski definition) is 1. The lowest BCUT2D eigenvalue weighted by atomic mass is 10.2. The van der Waals surface area contributed by atoms with E-state index in [0.717, 1.165) is 12.1 Å². The van der Waals surface area contributed by atoms with Crippen LogP contribution in [0.1, 0.15) is 12.5 Å². The molecule has 0 bridgehead atoms. The highest BCUT2D eigenvalue weighted by atomic mass is 15.3. The number of hydrogen-bond acceptors (Lipinski definition) is 3. The molecule has 0 aliphatic heterocycles. The first-order valence-corrected chi connectivity index (χ1v) is 3.90. The highest BCUT2D eigenvalue weighted by Crippen LogP contribution is 2.06. The summed E-state index contributed by atoms with van der Waals surface area (Å²) in [5.74, 6) is 0.322. The van der Waals surface area contributed by atoms with E-state index in [1.165, 1.54) is 5.56 Å². The summed E-state index contributed by atoms with van der Waals surface area (Å²) >= 11 is 0. The van der Waals surface area contributed by atoms with Gasteiger partial charge in [0.05, 0.1) is 0 Å². The fraction of sp³-hybridized carbons (Fsp3) is 0.250.